The summed E-state index contributed by atoms with van der Waals surface area (Å²) in [7, 11) is 0. The van der Waals surface area contributed by atoms with Crippen LogP contribution in [0.25, 0.3) is 17.3 Å². The van der Waals surface area contributed by atoms with Crippen molar-refractivity contribution in [2.24, 2.45) is 0 Å². The van der Waals surface area contributed by atoms with E-state index < -0.39 is 17.1 Å². The van der Waals surface area contributed by atoms with Crippen molar-refractivity contribution in [2.75, 3.05) is 10.6 Å². The molecule has 51 heavy (non-hydrogen) atoms. The summed E-state index contributed by atoms with van der Waals surface area (Å²) in [6.45, 7) is 4.24. The van der Waals surface area contributed by atoms with Gasteiger partial charge in [-0.25, -0.2) is 4.98 Å². The zero-order valence-electron chi connectivity index (χ0n) is 28.1. The van der Waals surface area contributed by atoms with Crippen molar-refractivity contribution < 1.29 is 14.4 Å². The summed E-state index contributed by atoms with van der Waals surface area (Å²) in [6.07, 6.45) is 1.66. The van der Waals surface area contributed by atoms with Crippen LogP contribution in [0.3, 0.4) is 0 Å². The van der Waals surface area contributed by atoms with Crippen molar-refractivity contribution in [3.05, 3.63) is 173 Å². The van der Waals surface area contributed by atoms with E-state index in [-0.39, 0.29) is 11.6 Å². The lowest BCUT2D eigenvalue weighted by Crippen LogP contribution is -2.30. The average molecular weight is 709 g/mol. The van der Waals surface area contributed by atoms with Gasteiger partial charge in [0.05, 0.1) is 5.69 Å². The van der Waals surface area contributed by atoms with Crippen LogP contribution in [0.4, 0.5) is 10.8 Å². The summed E-state index contributed by atoms with van der Waals surface area (Å²) in [5.41, 5.74) is 5.59. The van der Waals surface area contributed by atoms with Crippen LogP contribution < -0.4 is 16.0 Å². The first kappa shape index (κ1) is 35.1. The molecule has 3 amide bonds. The molecular formula is C42H36N4O3S2. The number of carbonyl (C=O) groups is 3. The topological polar surface area (TPSA) is 100 Å². The molecule has 7 nitrogen and oxygen atoms in total. The van der Waals surface area contributed by atoms with Crippen LogP contribution >= 0.6 is 23.1 Å². The number of thioether (sulfide) groups is 1. The van der Waals surface area contributed by atoms with Crippen LogP contribution in [0.1, 0.15) is 52.1 Å². The van der Waals surface area contributed by atoms with Gasteiger partial charge in [0.1, 0.15) is 10.9 Å². The molecule has 0 aliphatic heterocycles. The highest BCUT2D eigenvalue weighted by Gasteiger charge is 2.24. The second-order valence-corrected chi connectivity index (χ2v) is 14.0. The summed E-state index contributed by atoms with van der Waals surface area (Å²) >= 11 is 2.74. The summed E-state index contributed by atoms with van der Waals surface area (Å²) < 4.78 is 0. The first-order valence-electron chi connectivity index (χ1n) is 16.5. The highest BCUT2D eigenvalue weighted by Crippen LogP contribution is 2.38. The molecule has 0 radical (unpaired) electrons. The Morgan fingerprint density at radius 2 is 1.39 bits per heavy atom. The summed E-state index contributed by atoms with van der Waals surface area (Å²) in [5, 5.41) is 10.6. The van der Waals surface area contributed by atoms with Crippen molar-refractivity contribution in [3.63, 3.8) is 0 Å². The van der Waals surface area contributed by atoms with Crippen LogP contribution in [-0.4, -0.2) is 22.7 Å². The van der Waals surface area contributed by atoms with Gasteiger partial charge in [-0.15, -0.1) is 23.1 Å². The first-order chi connectivity index (χ1) is 24.8. The third kappa shape index (κ3) is 9.48. The maximum atomic E-state index is 13.8. The van der Waals surface area contributed by atoms with Crippen molar-refractivity contribution in [2.45, 2.75) is 29.9 Å². The van der Waals surface area contributed by atoms with E-state index in [1.165, 1.54) is 28.7 Å². The monoisotopic (exact) mass is 708 g/mol. The van der Waals surface area contributed by atoms with Crippen LogP contribution in [0.15, 0.2) is 155 Å². The Balaban J connectivity index is 1.21. The molecule has 1 heterocycles. The summed E-state index contributed by atoms with van der Waals surface area (Å²) in [4.78, 5) is 46.1. The Hall–Kier alpha value is -5.77. The zero-order valence-corrected chi connectivity index (χ0v) is 29.7. The number of anilines is 2. The zero-order chi connectivity index (χ0) is 35.6. The van der Waals surface area contributed by atoms with Gasteiger partial charge < -0.3 is 16.0 Å². The fraction of sp³-hybridized carbons (Fsp3) is 0.0952. The molecule has 1 atom stereocenters. The highest BCUT2D eigenvalue weighted by molar-refractivity contribution is 8.00. The molecule has 0 aliphatic rings. The Morgan fingerprint density at radius 1 is 0.725 bits per heavy atom. The molecule has 0 bridgehead atoms. The Kier molecular flexibility index (Phi) is 11.5. The number of nitrogens with zero attached hydrogens (tertiary/aromatic N) is 1. The predicted octanol–water partition coefficient (Wildman–Crippen LogP) is 9.82. The second-order valence-electron chi connectivity index (χ2n) is 12.0. The molecule has 254 valence electrons. The fourth-order valence-electron chi connectivity index (χ4n) is 5.21. The quantitative estimate of drug-likeness (QED) is 0.0868. The van der Waals surface area contributed by atoms with E-state index in [0.29, 0.717) is 22.3 Å². The molecule has 0 spiro atoms. The standard InChI is InChI=1S/C42H36N4O3S2/c1-28(2)30-23-21-29(22-24-30)25-36(44-39(47)33-17-10-5-11-18-33)40(48)43-34-19-12-20-35(26-34)51-38(32-15-8-4-9-16-32)41(49)46-42-45-37(27-50-42)31-13-6-3-7-14-31/h3-28,38H,1-2H3,(H,43,48)(H,44,47)(H,45,46,49)/b36-25+. The minimum absolute atomic E-state index is 0.0964. The summed E-state index contributed by atoms with van der Waals surface area (Å²) in [6, 6.07) is 43.3. The molecule has 3 N–H and O–H groups in total. The van der Waals surface area contributed by atoms with E-state index in [1.54, 1.807) is 36.4 Å². The fourth-order valence-corrected chi connectivity index (χ4v) is 7.02. The molecule has 9 heteroatoms. The largest absolute Gasteiger partial charge is 0.321 e. The normalized spacial score (nSPS) is 11.9. The van der Waals surface area contributed by atoms with Gasteiger partial charge in [0.2, 0.25) is 5.91 Å². The molecule has 6 aromatic rings. The van der Waals surface area contributed by atoms with Crippen molar-refractivity contribution >= 4 is 57.7 Å². The second kappa shape index (κ2) is 16.8. The Bertz CT molecular complexity index is 2130. The lowest BCUT2D eigenvalue weighted by Gasteiger charge is -2.17. The van der Waals surface area contributed by atoms with Crippen LogP contribution in [0.5, 0.6) is 0 Å². The molecule has 5 aromatic carbocycles. The lowest BCUT2D eigenvalue weighted by molar-refractivity contribution is -0.116. The van der Waals surface area contributed by atoms with E-state index in [9.17, 15) is 14.4 Å². The van der Waals surface area contributed by atoms with Gasteiger partial charge >= 0.3 is 0 Å². The van der Waals surface area contributed by atoms with E-state index in [1.807, 2.05) is 115 Å². The number of hydrogen-bond donors (Lipinski definition) is 3. The number of aromatic nitrogens is 1. The number of rotatable bonds is 12. The average Bonchev–Trinajstić information content (AvgIpc) is 3.63. The lowest BCUT2D eigenvalue weighted by atomic mass is 10.0. The minimum atomic E-state index is -0.601. The SMILES string of the molecule is CC(C)c1ccc(/C=C(/NC(=O)c2ccccc2)C(=O)Nc2cccc(SC(C(=O)Nc3nc(-c4ccccc4)cs3)c3ccccc3)c2)cc1. The Morgan fingerprint density at radius 3 is 2.08 bits per heavy atom. The maximum Gasteiger partial charge on any atom is 0.272 e. The van der Waals surface area contributed by atoms with Gasteiger partial charge in [0.15, 0.2) is 5.13 Å². The highest BCUT2D eigenvalue weighted by atomic mass is 32.2. The van der Waals surface area contributed by atoms with E-state index in [0.717, 1.165) is 27.3 Å². The number of carbonyl (C=O) groups excluding carboxylic acids is 3. The third-order valence-electron chi connectivity index (χ3n) is 7.93. The van der Waals surface area contributed by atoms with E-state index >= 15 is 0 Å². The van der Waals surface area contributed by atoms with Gasteiger partial charge in [-0.1, -0.05) is 123 Å². The van der Waals surface area contributed by atoms with Crippen molar-refractivity contribution in [3.8, 4) is 11.3 Å². The number of nitrogens with one attached hydrogen (secondary N) is 3. The molecule has 0 saturated carbocycles. The maximum absolute atomic E-state index is 13.8. The van der Waals surface area contributed by atoms with Gasteiger partial charge in [-0.3, -0.25) is 14.4 Å². The molecule has 1 aromatic heterocycles. The minimum Gasteiger partial charge on any atom is -0.321 e. The van der Waals surface area contributed by atoms with Crippen molar-refractivity contribution in [1.29, 1.82) is 0 Å². The van der Waals surface area contributed by atoms with Crippen LogP contribution in [0, 0.1) is 0 Å². The first-order valence-corrected chi connectivity index (χ1v) is 18.2. The molecular weight excluding hydrogens is 673 g/mol. The molecule has 0 fully saturated rings. The van der Waals surface area contributed by atoms with E-state index in [4.69, 9.17) is 0 Å². The molecule has 0 aliphatic carbocycles. The van der Waals surface area contributed by atoms with Gasteiger partial charge in [0, 0.05) is 27.1 Å². The molecule has 0 saturated heterocycles. The van der Waals surface area contributed by atoms with Crippen molar-refractivity contribution in [1.82, 2.24) is 10.3 Å². The van der Waals surface area contributed by atoms with Gasteiger partial charge in [-0.05, 0) is 59.0 Å². The summed E-state index contributed by atoms with van der Waals surface area (Å²) in [5.74, 6) is -0.731. The van der Waals surface area contributed by atoms with E-state index in [2.05, 4.69) is 34.8 Å². The van der Waals surface area contributed by atoms with Crippen LogP contribution in [-0.2, 0) is 9.59 Å². The number of thiazole rings is 1. The predicted molar refractivity (Wildman–Crippen MR) is 209 cm³/mol. The number of amides is 3. The van der Waals surface area contributed by atoms with Gasteiger partial charge in [-0.2, -0.15) is 0 Å². The number of hydrogen-bond acceptors (Lipinski definition) is 6. The molecule has 6 rings (SSSR count). The third-order valence-corrected chi connectivity index (χ3v) is 9.94. The van der Waals surface area contributed by atoms with Gasteiger partial charge in [0.25, 0.3) is 11.8 Å². The van der Waals surface area contributed by atoms with Crippen LogP contribution in [0.2, 0.25) is 0 Å². The molecule has 1 unspecified atom stereocenters. The smallest absolute Gasteiger partial charge is 0.272 e. The Labute approximate surface area is 305 Å². The number of benzene rings is 5.